The maximum absolute atomic E-state index is 11.3. The Morgan fingerprint density at radius 2 is 2.25 bits per heavy atom. The Balaban J connectivity index is 2.46. The van der Waals surface area contributed by atoms with Gasteiger partial charge in [-0.1, -0.05) is 6.92 Å². The summed E-state index contributed by atoms with van der Waals surface area (Å²) in [5.74, 6) is 0.358. The maximum atomic E-state index is 11.3. The largest absolute Gasteiger partial charge is 0.466 e. The number of esters is 1. The van der Waals surface area contributed by atoms with Crippen LogP contribution in [-0.4, -0.2) is 18.6 Å². The fraction of sp³-hybridized carbons (Fsp3) is 0.889. The zero-order valence-corrected chi connectivity index (χ0v) is 7.75. The second-order valence-electron chi connectivity index (χ2n) is 3.57. The highest BCUT2D eigenvalue weighted by molar-refractivity contribution is 5.73. The van der Waals surface area contributed by atoms with Crippen LogP contribution in [0, 0.1) is 11.8 Å². The van der Waals surface area contributed by atoms with E-state index in [-0.39, 0.29) is 17.9 Å². The van der Waals surface area contributed by atoms with Gasteiger partial charge in [0.25, 0.3) is 0 Å². The molecule has 70 valence electrons. The van der Waals surface area contributed by atoms with Gasteiger partial charge >= 0.3 is 5.97 Å². The zero-order chi connectivity index (χ0) is 9.14. The Labute approximate surface area is 73.3 Å². The van der Waals surface area contributed by atoms with E-state index in [1.54, 1.807) is 0 Å². The molecule has 1 fully saturated rings. The average molecular weight is 171 g/mol. The van der Waals surface area contributed by atoms with Crippen LogP contribution in [0.3, 0.4) is 0 Å². The molecule has 0 aromatic carbocycles. The van der Waals surface area contributed by atoms with Crippen molar-refractivity contribution >= 4 is 5.97 Å². The quantitative estimate of drug-likeness (QED) is 0.629. The van der Waals surface area contributed by atoms with E-state index in [0.29, 0.717) is 12.5 Å². The number of ether oxygens (including phenoxy) is 1. The molecule has 2 N–H and O–H groups in total. The number of hydrogen-bond acceptors (Lipinski definition) is 3. The first-order chi connectivity index (χ1) is 5.65. The van der Waals surface area contributed by atoms with Crippen LogP contribution in [0.25, 0.3) is 0 Å². The SMILES string of the molecule is CCOC(=O)[C@@H]1C[C@@H](N)C[C@@H]1C. The van der Waals surface area contributed by atoms with Crippen LogP contribution in [0.15, 0.2) is 0 Å². The number of hydrogen-bond donors (Lipinski definition) is 1. The topological polar surface area (TPSA) is 52.3 Å². The molecule has 0 amide bonds. The smallest absolute Gasteiger partial charge is 0.309 e. The van der Waals surface area contributed by atoms with Gasteiger partial charge in [-0.2, -0.15) is 0 Å². The summed E-state index contributed by atoms with van der Waals surface area (Å²) in [6, 6.07) is 0.189. The lowest BCUT2D eigenvalue weighted by Crippen LogP contribution is -2.21. The van der Waals surface area contributed by atoms with Crippen LogP contribution in [0.4, 0.5) is 0 Å². The molecule has 1 aliphatic rings. The number of rotatable bonds is 2. The lowest BCUT2D eigenvalue weighted by molar-refractivity contribution is -0.149. The monoisotopic (exact) mass is 171 g/mol. The number of carbonyl (C=O) groups is 1. The maximum Gasteiger partial charge on any atom is 0.309 e. The van der Waals surface area contributed by atoms with Crippen molar-refractivity contribution in [2.24, 2.45) is 17.6 Å². The van der Waals surface area contributed by atoms with Crippen molar-refractivity contribution in [3.05, 3.63) is 0 Å². The molecule has 0 unspecified atom stereocenters. The van der Waals surface area contributed by atoms with Gasteiger partial charge in [-0.05, 0) is 25.7 Å². The molecule has 1 saturated carbocycles. The third kappa shape index (κ3) is 1.97. The van der Waals surface area contributed by atoms with E-state index >= 15 is 0 Å². The summed E-state index contributed by atoms with van der Waals surface area (Å²) in [7, 11) is 0. The summed E-state index contributed by atoms with van der Waals surface area (Å²) < 4.78 is 4.95. The molecule has 0 aromatic heterocycles. The Kier molecular flexibility index (Phi) is 3.09. The molecule has 1 rings (SSSR count). The molecule has 0 bridgehead atoms. The second kappa shape index (κ2) is 3.90. The minimum absolute atomic E-state index is 0.0416. The van der Waals surface area contributed by atoms with Gasteiger partial charge in [0.2, 0.25) is 0 Å². The van der Waals surface area contributed by atoms with Crippen LogP contribution in [0.5, 0.6) is 0 Å². The van der Waals surface area contributed by atoms with Gasteiger partial charge in [-0.15, -0.1) is 0 Å². The molecule has 0 aromatic rings. The minimum Gasteiger partial charge on any atom is -0.466 e. The van der Waals surface area contributed by atoms with Crippen molar-refractivity contribution in [1.82, 2.24) is 0 Å². The molecule has 12 heavy (non-hydrogen) atoms. The van der Waals surface area contributed by atoms with Crippen LogP contribution in [0.2, 0.25) is 0 Å². The average Bonchev–Trinajstić information content (AvgIpc) is 2.30. The molecular formula is C9H17NO2. The highest BCUT2D eigenvalue weighted by atomic mass is 16.5. The molecule has 3 heteroatoms. The fourth-order valence-electron chi connectivity index (χ4n) is 1.87. The molecule has 0 radical (unpaired) electrons. The molecular weight excluding hydrogens is 154 g/mol. The predicted molar refractivity (Wildman–Crippen MR) is 46.5 cm³/mol. The molecule has 1 aliphatic carbocycles. The van der Waals surface area contributed by atoms with Crippen molar-refractivity contribution in [2.45, 2.75) is 32.7 Å². The van der Waals surface area contributed by atoms with Crippen molar-refractivity contribution in [2.75, 3.05) is 6.61 Å². The predicted octanol–water partition coefficient (Wildman–Crippen LogP) is 0.923. The molecule has 0 aliphatic heterocycles. The van der Waals surface area contributed by atoms with Gasteiger partial charge in [0, 0.05) is 6.04 Å². The van der Waals surface area contributed by atoms with Crippen molar-refractivity contribution < 1.29 is 9.53 Å². The molecule has 0 heterocycles. The van der Waals surface area contributed by atoms with E-state index in [2.05, 4.69) is 6.92 Å². The summed E-state index contributed by atoms with van der Waals surface area (Å²) >= 11 is 0. The van der Waals surface area contributed by atoms with Gasteiger partial charge in [0.05, 0.1) is 12.5 Å². The van der Waals surface area contributed by atoms with E-state index in [0.717, 1.165) is 12.8 Å². The number of nitrogens with two attached hydrogens (primary N) is 1. The molecule has 3 nitrogen and oxygen atoms in total. The van der Waals surface area contributed by atoms with E-state index in [9.17, 15) is 4.79 Å². The summed E-state index contributed by atoms with van der Waals surface area (Å²) in [4.78, 5) is 11.3. The third-order valence-corrected chi connectivity index (χ3v) is 2.51. The van der Waals surface area contributed by atoms with Gasteiger partial charge in [-0.25, -0.2) is 0 Å². The standard InChI is InChI=1S/C9H17NO2/c1-3-12-9(11)8-5-7(10)4-6(8)2/h6-8H,3-5,10H2,1-2H3/t6-,7-,8+/m0/s1. The first-order valence-corrected chi connectivity index (χ1v) is 4.57. The molecule has 3 atom stereocenters. The van der Waals surface area contributed by atoms with Crippen molar-refractivity contribution in [3.63, 3.8) is 0 Å². The van der Waals surface area contributed by atoms with Crippen molar-refractivity contribution in [3.8, 4) is 0 Å². The summed E-state index contributed by atoms with van der Waals surface area (Å²) in [5, 5.41) is 0. The van der Waals surface area contributed by atoms with E-state index in [1.165, 1.54) is 0 Å². The van der Waals surface area contributed by atoms with Crippen LogP contribution >= 0.6 is 0 Å². The van der Waals surface area contributed by atoms with Crippen LogP contribution in [0.1, 0.15) is 26.7 Å². The minimum atomic E-state index is -0.0713. The first-order valence-electron chi connectivity index (χ1n) is 4.57. The molecule has 0 saturated heterocycles. The van der Waals surface area contributed by atoms with Crippen LogP contribution in [-0.2, 0) is 9.53 Å². The Morgan fingerprint density at radius 3 is 2.67 bits per heavy atom. The fourth-order valence-corrected chi connectivity index (χ4v) is 1.87. The van der Waals surface area contributed by atoms with E-state index in [4.69, 9.17) is 10.5 Å². The van der Waals surface area contributed by atoms with Gasteiger partial charge in [-0.3, -0.25) is 4.79 Å². The van der Waals surface area contributed by atoms with Gasteiger partial charge < -0.3 is 10.5 Å². The summed E-state index contributed by atoms with van der Waals surface area (Å²) in [5.41, 5.74) is 5.74. The lowest BCUT2D eigenvalue weighted by atomic mass is 9.99. The second-order valence-corrected chi connectivity index (χ2v) is 3.57. The van der Waals surface area contributed by atoms with Crippen molar-refractivity contribution in [1.29, 1.82) is 0 Å². The first kappa shape index (κ1) is 9.52. The van der Waals surface area contributed by atoms with E-state index < -0.39 is 0 Å². The lowest BCUT2D eigenvalue weighted by Gasteiger charge is -2.12. The summed E-state index contributed by atoms with van der Waals surface area (Å²) in [6.45, 7) is 4.36. The molecule has 0 spiro atoms. The highest BCUT2D eigenvalue weighted by Crippen LogP contribution is 2.31. The summed E-state index contributed by atoms with van der Waals surface area (Å²) in [6.07, 6.45) is 1.74. The van der Waals surface area contributed by atoms with E-state index in [1.807, 2.05) is 6.92 Å². The Hall–Kier alpha value is -0.570. The Morgan fingerprint density at radius 1 is 1.58 bits per heavy atom. The number of carbonyl (C=O) groups excluding carboxylic acids is 1. The third-order valence-electron chi connectivity index (χ3n) is 2.51. The zero-order valence-electron chi connectivity index (χ0n) is 7.75. The normalized spacial score (nSPS) is 35.1. The van der Waals surface area contributed by atoms with Gasteiger partial charge in [0.15, 0.2) is 0 Å². The highest BCUT2D eigenvalue weighted by Gasteiger charge is 2.35. The Bertz CT molecular complexity index is 170. The van der Waals surface area contributed by atoms with Gasteiger partial charge in [0.1, 0.15) is 0 Å². The van der Waals surface area contributed by atoms with Crippen LogP contribution < -0.4 is 5.73 Å².